The highest BCUT2D eigenvalue weighted by molar-refractivity contribution is 14.0. The molecule has 0 aliphatic heterocycles. The minimum absolute atomic E-state index is 0. The van der Waals surface area contributed by atoms with Gasteiger partial charge in [-0.15, -0.1) is 24.0 Å². The number of rotatable bonds is 7. The van der Waals surface area contributed by atoms with E-state index in [2.05, 4.69) is 55.3 Å². The van der Waals surface area contributed by atoms with Crippen LogP contribution in [0.1, 0.15) is 24.0 Å². The molecular formula is C18H25BrIN3O2S. The second-order valence-corrected chi connectivity index (χ2v) is 7.20. The van der Waals surface area contributed by atoms with Gasteiger partial charge in [-0.25, -0.2) is 0 Å². The Morgan fingerprint density at radius 2 is 1.92 bits per heavy atom. The zero-order valence-electron chi connectivity index (χ0n) is 15.3. The van der Waals surface area contributed by atoms with Gasteiger partial charge in [0, 0.05) is 24.6 Å². The van der Waals surface area contributed by atoms with Crippen LogP contribution in [0.2, 0.25) is 0 Å². The van der Waals surface area contributed by atoms with Crippen molar-refractivity contribution in [2.45, 2.75) is 19.4 Å². The van der Waals surface area contributed by atoms with Crippen LogP contribution in [-0.2, 0) is 6.54 Å². The third-order valence-electron chi connectivity index (χ3n) is 3.91. The molecule has 1 heterocycles. The maximum absolute atomic E-state index is 5.37. The largest absolute Gasteiger partial charge is 0.493 e. The number of hydrogen-bond donors (Lipinski definition) is 2. The van der Waals surface area contributed by atoms with E-state index in [0.29, 0.717) is 24.0 Å². The Kier molecular flexibility index (Phi) is 10.3. The number of halogens is 2. The molecule has 5 nitrogen and oxygen atoms in total. The number of benzene rings is 1. The molecule has 0 aliphatic rings. The fourth-order valence-electron chi connectivity index (χ4n) is 2.35. The summed E-state index contributed by atoms with van der Waals surface area (Å²) in [7, 11) is 5.03. The quantitative estimate of drug-likeness (QED) is 0.298. The number of thiophene rings is 1. The lowest BCUT2D eigenvalue weighted by atomic mass is 10.1. The van der Waals surface area contributed by atoms with Gasteiger partial charge in [0.25, 0.3) is 0 Å². The van der Waals surface area contributed by atoms with Gasteiger partial charge in [-0.05, 0) is 46.0 Å². The first kappa shape index (κ1) is 23.0. The maximum Gasteiger partial charge on any atom is 0.191 e. The number of nitrogens with one attached hydrogen (secondary N) is 2. The second-order valence-electron chi connectivity index (χ2n) is 5.56. The van der Waals surface area contributed by atoms with E-state index in [1.54, 1.807) is 32.6 Å². The maximum atomic E-state index is 5.37. The molecule has 0 bridgehead atoms. The lowest BCUT2D eigenvalue weighted by Crippen LogP contribution is -2.38. The Morgan fingerprint density at radius 1 is 1.23 bits per heavy atom. The summed E-state index contributed by atoms with van der Waals surface area (Å²) in [6.45, 7) is 3.64. The molecule has 0 saturated carbocycles. The Balaban J connectivity index is 0.00000338. The Labute approximate surface area is 184 Å². The summed E-state index contributed by atoms with van der Waals surface area (Å²) in [5.41, 5.74) is 2.40. The standard InChI is InChI=1S/C18H24BrN3O2S.HI/c1-12(13-5-6-25-11-13)9-21-18(20-2)22-10-14-7-16(23-3)17(24-4)8-15(14)19;/h5-8,11-12H,9-10H2,1-4H3,(H2,20,21,22);1H. The third kappa shape index (κ3) is 6.31. The highest BCUT2D eigenvalue weighted by atomic mass is 127. The van der Waals surface area contributed by atoms with Gasteiger partial charge in [0.15, 0.2) is 17.5 Å². The normalized spacial score (nSPS) is 12.1. The van der Waals surface area contributed by atoms with Crippen molar-refractivity contribution < 1.29 is 9.47 Å². The van der Waals surface area contributed by atoms with Crippen molar-refractivity contribution >= 4 is 57.2 Å². The van der Waals surface area contributed by atoms with Gasteiger partial charge in [0.1, 0.15) is 0 Å². The lowest BCUT2D eigenvalue weighted by molar-refractivity contribution is 0.354. The summed E-state index contributed by atoms with van der Waals surface area (Å²) in [5, 5.41) is 11.0. The van der Waals surface area contributed by atoms with E-state index in [-0.39, 0.29) is 24.0 Å². The van der Waals surface area contributed by atoms with E-state index in [1.165, 1.54) is 5.56 Å². The van der Waals surface area contributed by atoms with E-state index >= 15 is 0 Å². The second kappa shape index (κ2) is 11.7. The number of hydrogen-bond acceptors (Lipinski definition) is 4. The molecule has 2 aromatic rings. The molecule has 1 unspecified atom stereocenters. The van der Waals surface area contributed by atoms with E-state index in [0.717, 1.165) is 22.5 Å². The number of methoxy groups -OCH3 is 2. The Morgan fingerprint density at radius 3 is 2.50 bits per heavy atom. The smallest absolute Gasteiger partial charge is 0.191 e. The highest BCUT2D eigenvalue weighted by Gasteiger charge is 2.11. The van der Waals surface area contributed by atoms with Gasteiger partial charge in [-0.2, -0.15) is 11.3 Å². The van der Waals surface area contributed by atoms with E-state index in [1.807, 2.05) is 12.1 Å². The molecule has 1 atom stereocenters. The number of guanidine groups is 1. The zero-order chi connectivity index (χ0) is 18.2. The first-order valence-corrected chi connectivity index (χ1v) is 9.69. The molecular weight excluding hydrogens is 529 g/mol. The van der Waals surface area contributed by atoms with Crippen LogP contribution in [0, 0.1) is 0 Å². The van der Waals surface area contributed by atoms with Crippen molar-refractivity contribution in [3.63, 3.8) is 0 Å². The summed E-state index contributed by atoms with van der Waals surface area (Å²) in [6.07, 6.45) is 0. The molecule has 0 amide bonds. The number of aliphatic imine (C=N–C) groups is 1. The SMILES string of the molecule is CN=C(NCc1cc(OC)c(OC)cc1Br)NCC(C)c1ccsc1.I. The molecule has 144 valence electrons. The molecule has 1 aromatic heterocycles. The van der Waals surface area contributed by atoms with Crippen LogP contribution < -0.4 is 20.1 Å². The van der Waals surface area contributed by atoms with Gasteiger partial charge in [0.2, 0.25) is 0 Å². The minimum Gasteiger partial charge on any atom is -0.493 e. The van der Waals surface area contributed by atoms with Crippen molar-refractivity contribution in [1.29, 1.82) is 0 Å². The zero-order valence-corrected chi connectivity index (χ0v) is 20.1. The molecule has 0 aliphatic carbocycles. The van der Waals surface area contributed by atoms with E-state index in [4.69, 9.17) is 9.47 Å². The van der Waals surface area contributed by atoms with Gasteiger partial charge >= 0.3 is 0 Å². The summed E-state index contributed by atoms with van der Waals surface area (Å²) in [6, 6.07) is 6.02. The average Bonchev–Trinajstić information content (AvgIpc) is 3.17. The Hall–Kier alpha value is -1.00. The van der Waals surface area contributed by atoms with Crippen molar-refractivity contribution in [3.05, 3.63) is 44.6 Å². The Bertz CT molecular complexity index is 711. The monoisotopic (exact) mass is 553 g/mol. The molecule has 26 heavy (non-hydrogen) atoms. The molecule has 8 heteroatoms. The van der Waals surface area contributed by atoms with Crippen molar-refractivity contribution in [3.8, 4) is 11.5 Å². The number of nitrogens with zero attached hydrogens (tertiary/aromatic N) is 1. The molecule has 1 aromatic carbocycles. The van der Waals surface area contributed by atoms with Gasteiger partial charge in [-0.3, -0.25) is 4.99 Å². The van der Waals surface area contributed by atoms with Crippen molar-refractivity contribution in [2.24, 2.45) is 4.99 Å². The van der Waals surface area contributed by atoms with Crippen LogP contribution in [0.3, 0.4) is 0 Å². The van der Waals surface area contributed by atoms with Gasteiger partial charge < -0.3 is 20.1 Å². The fraction of sp³-hybridized carbons (Fsp3) is 0.389. The minimum atomic E-state index is 0. The first-order chi connectivity index (χ1) is 12.1. The molecule has 0 fully saturated rings. The molecule has 2 rings (SSSR count). The molecule has 0 saturated heterocycles. The predicted octanol–water partition coefficient (Wildman–Crippen LogP) is 4.61. The molecule has 2 N–H and O–H groups in total. The van der Waals surface area contributed by atoms with Crippen LogP contribution >= 0.6 is 51.2 Å². The van der Waals surface area contributed by atoms with Gasteiger partial charge in [0.05, 0.1) is 14.2 Å². The van der Waals surface area contributed by atoms with Crippen LogP contribution in [0.4, 0.5) is 0 Å². The van der Waals surface area contributed by atoms with Gasteiger partial charge in [-0.1, -0.05) is 22.9 Å². The van der Waals surface area contributed by atoms with Crippen LogP contribution in [0.15, 0.2) is 38.4 Å². The van der Waals surface area contributed by atoms with E-state index in [9.17, 15) is 0 Å². The fourth-order valence-corrected chi connectivity index (χ4v) is 3.60. The average molecular weight is 554 g/mol. The van der Waals surface area contributed by atoms with Crippen molar-refractivity contribution in [2.75, 3.05) is 27.8 Å². The molecule has 0 radical (unpaired) electrons. The predicted molar refractivity (Wildman–Crippen MR) is 124 cm³/mol. The summed E-state index contributed by atoms with van der Waals surface area (Å²) in [4.78, 5) is 4.29. The topological polar surface area (TPSA) is 54.9 Å². The van der Waals surface area contributed by atoms with Crippen LogP contribution in [-0.4, -0.2) is 33.8 Å². The van der Waals surface area contributed by atoms with Crippen molar-refractivity contribution in [1.82, 2.24) is 10.6 Å². The summed E-state index contributed by atoms with van der Waals surface area (Å²) < 4.78 is 11.6. The van der Waals surface area contributed by atoms with E-state index < -0.39 is 0 Å². The highest BCUT2D eigenvalue weighted by Crippen LogP contribution is 2.33. The molecule has 0 spiro atoms. The van der Waals surface area contributed by atoms with Crippen LogP contribution in [0.5, 0.6) is 11.5 Å². The summed E-state index contributed by atoms with van der Waals surface area (Å²) >= 11 is 5.30. The third-order valence-corrected chi connectivity index (χ3v) is 5.35. The first-order valence-electron chi connectivity index (χ1n) is 7.96. The summed E-state index contributed by atoms with van der Waals surface area (Å²) in [5.74, 6) is 2.60. The number of ether oxygens (including phenoxy) is 2. The lowest BCUT2D eigenvalue weighted by Gasteiger charge is -2.17. The van der Waals surface area contributed by atoms with Crippen LogP contribution in [0.25, 0.3) is 0 Å².